The maximum atomic E-state index is 12.7. The molecule has 4 rings (SSSR count). The van der Waals surface area contributed by atoms with Crippen LogP contribution in [0.1, 0.15) is 35.7 Å². The van der Waals surface area contributed by atoms with Crippen LogP contribution in [0.25, 0.3) is 10.9 Å². The van der Waals surface area contributed by atoms with Gasteiger partial charge in [-0.1, -0.05) is 42.8 Å². The second-order valence-corrected chi connectivity index (χ2v) is 7.93. The Morgan fingerprint density at radius 1 is 0.886 bits per heavy atom. The maximum absolute atomic E-state index is 12.7. The molecule has 0 amide bonds. The van der Waals surface area contributed by atoms with Crippen molar-refractivity contribution < 1.29 is 19.0 Å². The fourth-order valence-corrected chi connectivity index (χ4v) is 3.44. The van der Waals surface area contributed by atoms with Crippen molar-refractivity contribution in [3.63, 3.8) is 0 Å². The summed E-state index contributed by atoms with van der Waals surface area (Å²) in [4.78, 5) is 25.2. The van der Waals surface area contributed by atoms with Crippen molar-refractivity contribution in [3.8, 4) is 11.5 Å². The summed E-state index contributed by atoms with van der Waals surface area (Å²) in [6.45, 7) is 3.34. The summed E-state index contributed by atoms with van der Waals surface area (Å²) in [5, 5.41) is 8.59. The van der Waals surface area contributed by atoms with Gasteiger partial charge >= 0.3 is 5.97 Å². The van der Waals surface area contributed by atoms with Gasteiger partial charge in [-0.25, -0.2) is 9.48 Å². The van der Waals surface area contributed by atoms with E-state index < -0.39 is 5.97 Å². The maximum Gasteiger partial charge on any atom is 0.338 e. The first-order valence-corrected chi connectivity index (χ1v) is 11.6. The Bertz CT molecular complexity index is 1330. The quantitative estimate of drug-likeness (QED) is 0.237. The van der Waals surface area contributed by atoms with Crippen molar-refractivity contribution in [2.45, 2.75) is 26.3 Å². The number of hydrogen-bond donors (Lipinski definition) is 0. The van der Waals surface area contributed by atoms with E-state index in [-0.39, 0.29) is 25.3 Å². The molecule has 4 aromatic rings. The summed E-state index contributed by atoms with van der Waals surface area (Å²) in [6, 6.07) is 21.3. The standard InChI is InChI=1S/C27H27N3O5/c1-2-3-15-33-22-11-13-23(14-12-22)34-16-17-35-27(32)21-8-6-7-20(18-21)19-30-26(31)24-9-4-5-10-25(24)28-29-30/h4-14,18H,2-3,15-17,19H2,1H3. The van der Waals surface area contributed by atoms with Crippen LogP contribution < -0.4 is 15.0 Å². The molecule has 180 valence electrons. The highest BCUT2D eigenvalue weighted by atomic mass is 16.6. The number of esters is 1. The molecule has 0 radical (unpaired) electrons. The van der Waals surface area contributed by atoms with Crippen molar-refractivity contribution >= 4 is 16.9 Å². The van der Waals surface area contributed by atoms with Crippen LogP contribution in [0.3, 0.4) is 0 Å². The van der Waals surface area contributed by atoms with Gasteiger partial charge in [-0.3, -0.25) is 4.79 Å². The number of carbonyl (C=O) groups is 1. The Balaban J connectivity index is 1.28. The third kappa shape index (κ3) is 6.44. The Hall–Kier alpha value is -4.20. The fraction of sp³-hybridized carbons (Fsp3) is 0.259. The minimum absolute atomic E-state index is 0.105. The molecule has 0 bridgehead atoms. The number of hydrogen-bond acceptors (Lipinski definition) is 7. The lowest BCUT2D eigenvalue weighted by molar-refractivity contribution is 0.0450. The summed E-state index contributed by atoms with van der Waals surface area (Å²) in [7, 11) is 0. The van der Waals surface area contributed by atoms with Crippen molar-refractivity contribution in [3.05, 3.63) is 94.3 Å². The molecule has 0 saturated carbocycles. The van der Waals surface area contributed by atoms with Gasteiger partial charge in [-0.2, -0.15) is 0 Å². The molecule has 0 aliphatic rings. The Morgan fingerprint density at radius 3 is 2.40 bits per heavy atom. The van der Waals surface area contributed by atoms with Crippen LogP contribution in [0.5, 0.6) is 11.5 Å². The summed E-state index contributed by atoms with van der Waals surface area (Å²) < 4.78 is 17.9. The van der Waals surface area contributed by atoms with Crippen LogP contribution in [0.4, 0.5) is 0 Å². The summed E-state index contributed by atoms with van der Waals surface area (Å²) in [6.07, 6.45) is 2.10. The first-order chi connectivity index (χ1) is 17.1. The molecule has 0 atom stereocenters. The zero-order chi connectivity index (χ0) is 24.5. The van der Waals surface area contributed by atoms with Crippen LogP contribution in [0.2, 0.25) is 0 Å². The third-order valence-electron chi connectivity index (χ3n) is 5.30. The third-order valence-corrected chi connectivity index (χ3v) is 5.30. The molecule has 0 unspecified atom stereocenters. The zero-order valence-corrected chi connectivity index (χ0v) is 19.6. The molecule has 0 saturated heterocycles. The highest BCUT2D eigenvalue weighted by Gasteiger charge is 2.10. The van der Waals surface area contributed by atoms with Gasteiger partial charge in [0.1, 0.15) is 30.2 Å². The molecule has 1 aromatic heterocycles. The lowest BCUT2D eigenvalue weighted by Crippen LogP contribution is -2.24. The average Bonchev–Trinajstić information content (AvgIpc) is 2.89. The summed E-state index contributed by atoms with van der Waals surface area (Å²) in [5.41, 5.74) is 1.44. The zero-order valence-electron chi connectivity index (χ0n) is 19.6. The predicted octanol–water partition coefficient (Wildman–Crippen LogP) is 4.25. The minimum atomic E-state index is -0.466. The summed E-state index contributed by atoms with van der Waals surface area (Å²) in [5.74, 6) is 1.01. The van der Waals surface area contributed by atoms with Crippen molar-refractivity contribution in [2.24, 2.45) is 0 Å². The number of rotatable bonds is 11. The van der Waals surface area contributed by atoms with Gasteiger partial charge in [0.15, 0.2) is 0 Å². The second-order valence-electron chi connectivity index (χ2n) is 7.93. The number of benzene rings is 3. The SMILES string of the molecule is CCCCOc1ccc(OCCOC(=O)c2cccc(Cn3nnc4ccccc4c3=O)c2)cc1. The van der Waals surface area contributed by atoms with Crippen LogP contribution in [0, 0.1) is 0 Å². The van der Waals surface area contributed by atoms with Crippen LogP contribution in [0.15, 0.2) is 77.6 Å². The predicted molar refractivity (Wildman–Crippen MR) is 132 cm³/mol. The number of fused-ring (bicyclic) bond motifs is 1. The van der Waals surface area contributed by atoms with Gasteiger partial charge in [0.25, 0.3) is 5.56 Å². The minimum Gasteiger partial charge on any atom is -0.494 e. The lowest BCUT2D eigenvalue weighted by Gasteiger charge is -2.10. The van der Waals surface area contributed by atoms with E-state index in [1.807, 2.05) is 30.3 Å². The van der Waals surface area contributed by atoms with E-state index in [1.165, 1.54) is 4.68 Å². The number of nitrogens with zero attached hydrogens (tertiary/aromatic N) is 3. The molecule has 1 heterocycles. The molecule has 0 fully saturated rings. The first kappa shape index (κ1) is 23.9. The molecule has 8 heteroatoms. The van der Waals surface area contributed by atoms with Gasteiger partial charge in [0.2, 0.25) is 0 Å². The van der Waals surface area contributed by atoms with Gasteiger partial charge in [0.05, 0.1) is 24.1 Å². The molecule has 0 aliphatic heterocycles. The Kier molecular flexibility index (Phi) is 8.06. The van der Waals surface area contributed by atoms with E-state index in [2.05, 4.69) is 17.2 Å². The molecule has 8 nitrogen and oxygen atoms in total. The van der Waals surface area contributed by atoms with E-state index in [4.69, 9.17) is 14.2 Å². The van der Waals surface area contributed by atoms with Crippen LogP contribution >= 0.6 is 0 Å². The molecular weight excluding hydrogens is 446 g/mol. The van der Waals surface area contributed by atoms with Gasteiger partial charge in [0, 0.05) is 0 Å². The highest BCUT2D eigenvalue weighted by molar-refractivity contribution is 5.89. The topological polar surface area (TPSA) is 92.5 Å². The van der Waals surface area contributed by atoms with E-state index >= 15 is 0 Å². The first-order valence-electron chi connectivity index (χ1n) is 11.6. The number of ether oxygens (including phenoxy) is 3. The largest absolute Gasteiger partial charge is 0.494 e. The van der Waals surface area contributed by atoms with Crippen LogP contribution in [-0.2, 0) is 11.3 Å². The van der Waals surface area contributed by atoms with Gasteiger partial charge < -0.3 is 14.2 Å². The molecule has 0 spiro atoms. The molecule has 35 heavy (non-hydrogen) atoms. The Morgan fingerprint density at radius 2 is 1.63 bits per heavy atom. The molecular formula is C27H27N3O5. The lowest BCUT2D eigenvalue weighted by atomic mass is 10.1. The number of carbonyl (C=O) groups excluding carboxylic acids is 1. The van der Waals surface area contributed by atoms with E-state index in [1.54, 1.807) is 42.5 Å². The van der Waals surface area contributed by atoms with Gasteiger partial charge in [-0.15, -0.1) is 5.10 Å². The summed E-state index contributed by atoms with van der Waals surface area (Å²) >= 11 is 0. The monoisotopic (exact) mass is 473 g/mol. The van der Waals surface area contributed by atoms with Crippen molar-refractivity contribution in [2.75, 3.05) is 19.8 Å². The normalized spacial score (nSPS) is 10.8. The van der Waals surface area contributed by atoms with E-state index in [9.17, 15) is 9.59 Å². The molecule has 0 N–H and O–H groups in total. The van der Waals surface area contributed by atoms with Crippen LogP contribution in [-0.4, -0.2) is 40.8 Å². The van der Waals surface area contributed by atoms with Gasteiger partial charge in [-0.05, 0) is 60.5 Å². The van der Waals surface area contributed by atoms with E-state index in [0.29, 0.717) is 28.8 Å². The fourth-order valence-electron chi connectivity index (χ4n) is 3.44. The second kappa shape index (κ2) is 11.8. The smallest absolute Gasteiger partial charge is 0.338 e. The number of unbranched alkanes of at least 4 members (excludes halogenated alkanes) is 1. The van der Waals surface area contributed by atoms with Crippen molar-refractivity contribution in [1.29, 1.82) is 0 Å². The highest BCUT2D eigenvalue weighted by Crippen LogP contribution is 2.18. The molecule has 0 aliphatic carbocycles. The van der Waals surface area contributed by atoms with E-state index in [0.717, 1.165) is 24.2 Å². The Labute approximate surface area is 203 Å². The van der Waals surface area contributed by atoms with Crippen molar-refractivity contribution in [1.82, 2.24) is 15.0 Å². The molecule has 3 aromatic carbocycles. The number of aromatic nitrogens is 3. The average molecular weight is 474 g/mol.